The van der Waals surface area contributed by atoms with Crippen LogP contribution in [0.3, 0.4) is 0 Å². The summed E-state index contributed by atoms with van der Waals surface area (Å²) in [6.07, 6.45) is 6.53. The smallest absolute Gasteiger partial charge is 0.410 e. The number of rotatable bonds is 4. The van der Waals surface area contributed by atoms with E-state index >= 15 is 0 Å². The molecule has 2 amide bonds. The lowest BCUT2D eigenvalue weighted by Crippen LogP contribution is -2.53. The third-order valence-electron chi connectivity index (χ3n) is 5.40. The molecular weight excluding hydrogens is 368 g/mol. The maximum absolute atomic E-state index is 13.2. The second kappa shape index (κ2) is 8.89. The maximum Gasteiger partial charge on any atom is 0.410 e. The van der Waals surface area contributed by atoms with Gasteiger partial charge in [-0.1, -0.05) is 30.4 Å². The molecule has 1 heterocycles. The molecule has 1 fully saturated rings. The minimum Gasteiger partial charge on any atom is -0.496 e. The van der Waals surface area contributed by atoms with Gasteiger partial charge in [0.2, 0.25) is 5.91 Å². The number of methoxy groups -OCH3 is 1. The zero-order valence-electron chi connectivity index (χ0n) is 17.9. The molecule has 2 aliphatic rings. The van der Waals surface area contributed by atoms with Gasteiger partial charge in [0.25, 0.3) is 0 Å². The van der Waals surface area contributed by atoms with Crippen molar-refractivity contribution in [3.63, 3.8) is 0 Å². The first-order valence-corrected chi connectivity index (χ1v) is 10.4. The molecule has 6 nitrogen and oxygen atoms in total. The van der Waals surface area contributed by atoms with E-state index in [4.69, 9.17) is 9.47 Å². The molecule has 0 aromatic heterocycles. The van der Waals surface area contributed by atoms with Crippen LogP contribution in [0.4, 0.5) is 4.79 Å². The molecule has 0 N–H and O–H groups in total. The number of carbonyl (C=O) groups is 2. The van der Waals surface area contributed by atoms with Crippen LogP contribution >= 0.6 is 0 Å². The van der Waals surface area contributed by atoms with Crippen molar-refractivity contribution in [3.8, 4) is 5.75 Å². The number of benzene rings is 1. The zero-order chi connectivity index (χ0) is 21.0. The van der Waals surface area contributed by atoms with E-state index < -0.39 is 5.60 Å². The molecule has 1 aromatic carbocycles. The Bertz CT molecular complexity index is 768. The van der Waals surface area contributed by atoms with Gasteiger partial charge in [-0.3, -0.25) is 4.79 Å². The summed E-state index contributed by atoms with van der Waals surface area (Å²) in [7, 11) is 1.63. The number of allylic oxidation sites excluding steroid dienone is 2. The third-order valence-corrected chi connectivity index (χ3v) is 5.40. The van der Waals surface area contributed by atoms with Crippen LogP contribution in [0.15, 0.2) is 36.4 Å². The largest absolute Gasteiger partial charge is 0.496 e. The van der Waals surface area contributed by atoms with Crippen molar-refractivity contribution in [3.05, 3.63) is 42.0 Å². The highest BCUT2D eigenvalue weighted by molar-refractivity contribution is 5.78. The molecule has 3 rings (SSSR count). The van der Waals surface area contributed by atoms with Gasteiger partial charge in [0, 0.05) is 31.6 Å². The van der Waals surface area contributed by atoms with Crippen LogP contribution in [-0.4, -0.2) is 54.1 Å². The highest BCUT2D eigenvalue weighted by Crippen LogP contribution is 2.34. The molecule has 0 bridgehead atoms. The van der Waals surface area contributed by atoms with E-state index in [0.29, 0.717) is 32.0 Å². The topological polar surface area (TPSA) is 59.1 Å². The second-order valence-electron chi connectivity index (χ2n) is 8.74. The SMILES string of the molecule is COc1ccccc1[C@H]1CN(C(=O)OC(C)(C)C)CCN1C(=O)C[C@@H]1C=CCC1. The fraction of sp³-hybridized carbons (Fsp3) is 0.565. The molecule has 1 aliphatic heterocycles. The number of amides is 2. The quantitative estimate of drug-likeness (QED) is 0.712. The molecule has 0 radical (unpaired) electrons. The van der Waals surface area contributed by atoms with Crippen LogP contribution in [0, 0.1) is 5.92 Å². The van der Waals surface area contributed by atoms with Gasteiger partial charge in [-0.2, -0.15) is 0 Å². The molecule has 0 spiro atoms. The first-order chi connectivity index (χ1) is 13.8. The van der Waals surface area contributed by atoms with E-state index in [1.54, 1.807) is 12.0 Å². The number of nitrogens with zero attached hydrogens (tertiary/aromatic N) is 2. The zero-order valence-corrected chi connectivity index (χ0v) is 17.9. The van der Waals surface area contributed by atoms with Gasteiger partial charge >= 0.3 is 6.09 Å². The fourth-order valence-electron chi connectivity index (χ4n) is 3.99. The molecule has 1 aliphatic carbocycles. The predicted molar refractivity (Wildman–Crippen MR) is 112 cm³/mol. The summed E-state index contributed by atoms with van der Waals surface area (Å²) in [5, 5.41) is 0. The number of carbonyl (C=O) groups excluding carboxylic acids is 2. The van der Waals surface area contributed by atoms with Gasteiger partial charge in [0.05, 0.1) is 13.2 Å². The van der Waals surface area contributed by atoms with Crippen molar-refractivity contribution in [1.29, 1.82) is 0 Å². The van der Waals surface area contributed by atoms with Gasteiger partial charge in [0.15, 0.2) is 0 Å². The summed E-state index contributed by atoms with van der Waals surface area (Å²) in [4.78, 5) is 29.4. The monoisotopic (exact) mass is 400 g/mol. The van der Waals surface area contributed by atoms with Crippen LogP contribution in [0.1, 0.15) is 51.6 Å². The molecule has 2 atom stereocenters. The van der Waals surface area contributed by atoms with E-state index in [9.17, 15) is 9.59 Å². The van der Waals surface area contributed by atoms with E-state index in [2.05, 4.69) is 12.2 Å². The third kappa shape index (κ3) is 5.31. The summed E-state index contributed by atoms with van der Waals surface area (Å²) >= 11 is 0. The normalized spacial score (nSPS) is 21.9. The minimum absolute atomic E-state index is 0.126. The highest BCUT2D eigenvalue weighted by Gasteiger charge is 2.36. The number of ether oxygens (including phenoxy) is 2. The molecule has 1 saturated heterocycles. The Labute approximate surface area is 173 Å². The van der Waals surface area contributed by atoms with Gasteiger partial charge < -0.3 is 19.3 Å². The highest BCUT2D eigenvalue weighted by atomic mass is 16.6. The summed E-state index contributed by atoms with van der Waals surface area (Å²) in [5.74, 6) is 1.16. The van der Waals surface area contributed by atoms with E-state index in [1.165, 1.54) is 0 Å². The maximum atomic E-state index is 13.2. The van der Waals surface area contributed by atoms with Crippen molar-refractivity contribution in [2.45, 2.75) is 51.7 Å². The van der Waals surface area contributed by atoms with Crippen LogP contribution in [-0.2, 0) is 9.53 Å². The molecule has 1 aromatic rings. The van der Waals surface area contributed by atoms with Crippen LogP contribution < -0.4 is 4.74 Å². The average molecular weight is 401 g/mol. The summed E-state index contributed by atoms with van der Waals surface area (Å²) in [6.45, 7) is 6.91. The van der Waals surface area contributed by atoms with E-state index in [-0.39, 0.29) is 18.0 Å². The van der Waals surface area contributed by atoms with Crippen LogP contribution in [0.5, 0.6) is 5.75 Å². The Morgan fingerprint density at radius 2 is 1.93 bits per heavy atom. The van der Waals surface area contributed by atoms with Gasteiger partial charge in [-0.25, -0.2) is 4.79 Å². The van der Waals surface area contributed by atoms with Crippen LogP contribution in [0.25, 0.3) is 0 Å². The molecule has 158 valence electrons. The first-order valence-electron chi connectivity index (χ1n) is 10.4. The molecule has 6 heteroatoms. The number of para-hydroxylation sites is 1. The Hall–Kier alpha value is -2.50. The Balaban J connectivity index is 1.83. The van der Waals surface area contributed by atoms with E-state index in [0.717, 1.165) is 24.2 Å². The second-order valence-corrected chi connectivity index (χ2v) is 8.74. The van der Waals surface area contributed by atoms with Gasteiger partial charge in [0.1, 0.15) is 11.4 Å². The average Bonchev–Trinajstić information content (AvgIpc) is 3.19. The first kappa shape index (κ1) is 21.2. The lowest BCUT2D eigenvalue weighted by Gasteiger charge is -2.42. The minimum atomic E-state index is -0.557. The number of hydrogen-bond donors (Lipinski definition) is 0. The van der Waals surface area contributed by atoms with Crippen LogP contribution in [0.2, 0.25) is 0 Å². The lowest BCUT2D eigenvalue weighted by atomic mass is 9.98. The number of hydrogen-bond acceptors (Lipinski definition) is 4. The van der Waals surface area contributed by atoms with Crippen molar-refractivity contribution in [2.75, 3.05) is 26.7 Å². The molecule has 29 heavy (non-hydrogen) atoms. The van der Waals surface area contributed by atoms with Crippen molar-refractivity contribution in [2.24, 2.45) is 5.92 Å². The van der Waals surface area contributed by atoms with Gasteiger partial charge in [-0.15, -0.1) is 0 Å². The summed E-state index contributed by atoms with van der Waals surface area (Å²) < 4.78 is 11.1. The van der Waals surface area contributed by atoms with E-state index in [1.807, 2.05) is 49.9 Å². The predicted octanol–water partition coefficient (Wildman–Crippen LogP) is 4.17. The standard InChI is InChI=1S/C23H32N2O4/c1-23(2,3)29-22(27)24-13-14-25(21(26)15-17-9-5-6-10-17)19(16-24)18-11-7-8-12-20(18)28-4/h5,7-9,11-12,17,19H,6,10,13-16H2,1-4H3/t17-,19-/m1/s1. The lowest BCUT2D eigenvalue weighted by molar-refractivity contribution is -0.137. The Morgan fingerprint density at radius 3 is 2.59 bits per heavy atom. The molecular formula is C23H32N2O4. The van der Waals surface area contributed by atoms with Crippen molar-refractivity contribution in [1.82, 2.24) is 9.80 Å². The molecule has 0 unspecified atom stereocenters. The summed E-state index contributed by atoms with van der Waals surface area (Å²) in [6, 6.07) is 7.45. The van der Waals surface area contributed by atoms with Gasteiger partial charge in [-0.05, 0) is 45.6 Å². The number of piperazine rings is 1. The van der Waals surface area contributed by atoms with Crippen molar-refractivity contribution < 1.29 is 19.1 Å². The molecule has 0 saturated carbocycles. The summed E-state index contributed by atoms with van der Waals surface area (Å²) in [5.41, 5.74) is 0.359. The Morgan fingerprint density at radius 1 is 1.17 bits per heavy atom. The fourth-order valence-corrected chi connectivity index (χ4v) is 3.99. The Kier molecular flexibility index (Phi) is 6.50. The van der Waals surface area contributed by atoms with Crippen molar-refractivity contribution >= 4 is 12.0 Å².